The molecule has 0 amide bonds. The number of non-ortho nitro benzene ring substituents is 1. The first-order chi connectivity index (χ1) is 11.8. The molecule has 0 radical (unpaired) electrons. The molecule has 11 heteroatoms. The van der Waals surface area contributed by atoms with Crippen molar-refractivity contribution in [1.29, 1.82) is 0 Å². The second-order valence-electron chi connectivity index (χ2n) is 5.06. The van der Waals surface area contributed by atoms with Gasteiger partial charge in [0.05, 0.1) is 36.9 Å². The van der Waals surface area contributed by atoms with Crippen LogP contribution in [0.25, 0.3) is 11.6 Å². The lowest BCUT2D eigenvalue weighted by atomic mass is 9.92. The van der Waals surface area contributed by atoms with E-state index in [-0.39, 0.29) is 27.2 Å². The molecule has 0 bridgehead atoms. The van der Waals surface area contributed by atoms with Gasteiger partial charge in [-0.25, -0.2) is 0 Å². The van der Waals surface area contributed by atoms with E-state index < -0.39 is 37.6 Å². The van der Waals surface area contributed by atoms with Gasteiger partial charge in [-0.1, -0.05) is 0 Å². The predicted molar refractivity (Wildman–Crippen MR) is 88.2 cm³/mol. The number of nitro benzene ring substituents is 2. The minimum Gasteiger partial charge on any atom is -0.288 e. The molecule has 0 atom stereocenters. The van der Waals surface area contributed by atoms with E-state index in [0.717, 1.165) is 30.0 Å². The van der Waals surface area contributed by atoms with Crippen molar-refractivity contribution in [3.8, 4) is 0 Å². The number of allylic oxidation sites excluding steroid dienone is 4. The summed E-state index contributed by atoms with van der Waals surface area (Å²) in [6.07, 6.45) is 3.86. The first-order valence-electron chi connectivity index (χ1n) is 6.64. The van der Waals surface area contributed by atoms with Crippen LogP contribution in [0.5, 0.6) is 0 Å². The van der Waals surface area contributed by atoms with E-state index in [1.54, 1.807) is 6.26 Å². The summed E-state index contributed by atoms with van der Waals surface area (Å²) in [5.74, 6) is -0.513. The molecule has 0 N–H and O–H groups in total. The molecular formula is C14H7N3O7S. The molecule has 2 aliphatic rings. The maximum atomic E-state index is 12.5. The van der Waals surface area contributed by atoms with Crippen LogP contribution in [0.15, 0.2) is 34.4 Å². The van der Waals surface area contributed by atoms with Crippen molar-refractivity contribution in [1.82, 2.24) is 0 Å². The third-order valence-corrected chi connectivity index (χ3v) is 4.51. The number of thioether (sulfide) groups is 1. The molecule has 0 aromatic heterocycles. The molecule has 2 aliphatic carbocycles. The SMILES string of the molecule is CSC1=CC([N+](=O)[O-])=C2C(=Cc3cc([N+](=O)[O-])cc([N+](=O)[O-])c32)C1=O. The third kappa shape index (κ3) is 2.41. The van der Waals surface area contributed by atoms with E-state index in [9.17, 15) is 35.1 Å². The Morgan fingerprint density at radius 1 is 0.960 bits per heavy atom. The highest BCUT2D eigenvalue weighted by Gasteiger charge is 2.41. The maximum Gasteiger partial charge on any atom is 0.284 e. The summed E-state index contributed by atoms with van der Waals surface area (Å²) in [4.78, 5) is 43.9. The summed E-state index contributed by atoms with van der Waals surface area (Å²) >= 11 is 1.01. The molecule has 0 fully saturated rings. The maximum absolute atomic E-state index is 12.5. The monoisotopic (exact) mass is 361 g/mol. The largest absolute Gasteiger partial charge is 0.288 e. The molecule has 0 saturated heterocycles. The normalized spacial score (nSPS) is 15.3. The molecule has 25 heavy (non-hydrogen) atoms. The van der Waals surface area contributed by atoms with Crippen molar-refractivity contribution in [2.75, 3.05) is 6.26 Å². The van der Waals surface area contributed by atoms with Crippen LogP contribution in [0.1, 0.15) is 11.1 Å². The van der Waals surface area contributed by atoms with E-state index >= 15 is 0 Å². The lowest BCUT2D eigenvalue weighted by Gasteiger charge is -2.13. The zero-order valence-corrected chi connectivity index (χ0v) is 13.2. The van der Waals surface area contributed by atoms with Gasteiger partial charge >= 0.3 is 0 Å². The van der Waals surface area contributed by atoms with Crippen molar-refractivity contribution in [3.05, 3.63) is 75.9 Å². The van der Waals surface area contributed by atoms with Gasteiger partial charge in [-0.3, -0.25) is 35.1 Å². The standard InChI is InChI=1S/C14H7N3O7S/c1-25-11-5-10(17(23)24)13-8(14(11)18)3-6-2-7(15(19)20)4-9(12(6)13)16(21)22/h2-5H,1H3. The Hall–Kier alpha value is -3.34. The van der Waals surface area contributed by atoms with Crippen LogP contribution in [0.4, 0.5) is 11.4 Å². The van der Waals surface area contributed by atoms with E-state index in [0.29, 0.717) is 0 Å². The van der Waals surface area contributed by atoms with Crippen LogP contribution >= 0.6 is 11.8 Å². The minimum atomic E-state index is -0.856. The van der Waals surface area contributed by atoms with Gasteiger partial charge in [0.25, 0.3) is 17.1 Å². The molecular weight excluding hydrogens is 354 g/mol. The number of benzene rings is 1. The van der Waals surface area contributed by atoms with Crippen molar-refractivity contribution in [3.63, 3.8) is 0 Å². The van der Waals surface area contributed by atoms with Gasteiger partial charge in [0.2, 0.25) is 0 Å². The fraction of sp³-hybridized carbons (Fsp3) is 0.0714. The van der Waals surface area contributed by atoms with E-state index in [4.69, 9.17) is 0 Å². The van der Waals surface area contributed by atoms with Crippen molar-refractivity contribution in [2.45, 2.75) is 0 Å². The minimum absolute atomic E-state index is 0.0364. The summed E-state index contributed by atoms with van der Waals surface area (Å²) in [5.41, 5.74) is -2.00. The number of rotatable bonds is 4. The number of hydrogen-bond acceptors (Lipinski definition) is 8. The summed E-state index contributed by atoms with van der Waals surface area (Å²) in [5, 5.41) is 33.7. The molecule has 1 aromatic rings. The molecule has 0 saturated carbocycles. The fourth-order valence-electron chi connectivity index (χ4n) is 2.77. The summed E-state index contributed by atoms with van der Waals surface area (Å²) in [6, 6.07) is 1.79. The lowest BCUT2D eigenvalue weighted by Crippen LogP contribution is -2.14. The number of Topliss-reactive ketones (excluding diaryl/α,β-unsaturated/α-hetero) is 1. The highest BCUT2D eigenvalue weighted by molar-refractivity contribution is 8.03. The molecule has 10 nitrogen and oxygen atoms in total. The molecule has 126 valence electrons. The van der Waals surface area contributed by atoms with Gasteiger partial charge in [-0.2, -0.15) is 0 Å². The van der Waals surface area contributed by atoms with Crippen LogP contribution in [0.3, 0.4) is 0 Å². The van der Waals surface area contributed by atoms with Crippen LogP contribution in [0.2, 0.25) is 0 Å². The summed E-state index contributed by atoms with van der Waals surface area (Å²) in [7, 11) is 0. The first-order valence-corrected chi connectivity index (χ1v) is 7.87. The quantitative estimate of drug-likeness (QED) is 0.587. The number of carbonyl (C=O) groups excluding carboxylic acids is 1. The van der Waals surface area contributed by atoms with E-state index in [1.807, 2.05) is 0 Å². The van der Waals surface area contributed by atoms with Gasteiger partial charge in [0, 0.05) is 17.7 Å². The predicted octanol–water partition coefficient (Wildman–Crippen LogP) is 2.72. The molecule has 1 aromatic carbocycles. The Balaban J connectivity index is 2.41. The smallest absolute Gasteiger partial charge is 0.284 e. The third-order valence-electron chi connectivity index (χ3n) is 3.77. The first kappa shape index (κ1) is 16.5. The van der Waals surface area contributed by atoms with Crippen LogP contribution in [0, 0.1) is 30.3 Å². The van der Waals surface area contributed by atoms with Gasteiger partial charge in [0.1, 0.15) is 0 Å². The second kappa shape index (κ2) is 5.63. The Kier molecular flexibility index (Phi) is 3.72. The number of fused-ring (bicyclic) bond motifs is 3. The number of nitro groups is 3. The average Bonchev–Trinajstić information content (AvgIpc) is 2.93. The number of ketones is 1. The van der Waals surface area contributed by atoms with Gasteiger partial charge in [-0.15, -0.1) is 11.8 Å². The Morgan fingerprint density at radius 2 is 1.64 bits per heavy atom. The Labute approximate surface area is 143 Å². The lowest BCUT2D eigenvalue weighted by molar-refractivity contribution is -0.418. The molecule has 0 heterocycles. The fourth-order valence-corrected chi connectivity index (χ4v) is 3.29. The van der Waals surface area contributed by atoms with Crippen LogP contribution in [-0.2, 0) is 4.79 Å². The Bertz CT molecular complexity index is 990. The van der Waals surface area contributed by atoms with Gasteiger partial charge in [-0.05, 0) is 17.9 Å². The van der Waals surface area contributed by atoms with Crippen molar-refractivity contribution < 1.29 is 19.6 Å². The average molecular weight is 361 g/mol. The Morgan fingerprint density at radius 3 is 2.16 bits per heavy atom. The number of hydrogen-bond donors (Lipinski definition) is 0. The van der Waals surface area contributed by atoms with Crippen LogP contribution in [-0.4, -0.2) is 26.8 Å². The summed E-state index contributed by atoms with van der Waals surface area (Å²) in [6.45, 7) is 0. The number of nitrogens with zero attached hydrogens (tertiary/aromatic N) is 3. The second-order valence-corrected chi connectivity index (χ2v) is 5.91. The number of carbonyl (C=O) groups is 1. The zero-order valence-electron chi connectivity index (χ0n) is 12.4. The highest BCUT2D eigenvalue weighted by atomic mass is 32.2. The van der Waals surface area contributed by atoms with Gasteiger partial charge in [0.15, 0.2) is 5.78 Å². The molecule has 0 aliphatic heterocycles. The van der Waals surface area contributed by atoms with Crippen molar-refractivity contribution in [2.24, 2.45) is 0 Å². The van der Waals surface area contributed by atoms with Crippen molar-refractivity contribution >= 4 is 40.6 Å². The van der Waals surface area contributed by atoms with Gasteiger partial charge < -0.3 is 0 Å². The topological polar surface area (TPSA) is 146 Å². The summed E-state index contributed by atoms with van der Waals surface area (Å²) < 4.78 is 0. The van der Waals surface area contributed by atoms with Crippen LogP contribution < -0.4 is 0 Å². The highest BCUT2D eigenvalue weighted by Crippen LogP contribution is 2.48. The molecule has 3 rings (SSSR count). The molecule has 0 spiro atoms. The molecule has 0 unspecified atom stereocenters. The van der Waals surface area contributed by atoms with E-state index in [1.165, 1.54) is 6.08 Å². The zero-order chi connectivity index (χ0) is 18.5. The van der Waals surface area contributed by atoms with E-state index in [2.05, 4.69) is 0 Å².